The average Bonchev–Trinajstić information content (AvgIpc) is 2.38. The standard InChI is InChI=1S/C12H19N3OS/c16-17-8-6-15(7-9-17)5-4-14-11-12-2-1-3-13-10-12/h1-3,10,14H,4-9,11H2. The van der Waals surface area contributed by atoms with E-state index in [1.165, 1.54) is 5.56 Å². The normalized spacial score (nSPS) is 18.4. The fourth-order valence-electron chi connectivity index (χ4n) is 1.87. The summed E-state index contributed by atoms with van der Waals surface area (Å²) >= 11 is 0. The zero-order chi connectivity index (χ0) is 11.9. The lowest BCUT2D eigenvalue weighted by atomic mass is 10.3. The van der Waals surface area contributed by atoms with Crippen LogP contribution in [0.15, 0.2) is 24.5 Å². The summed E-state index contributed by atoms with van der Waals surface area (Å²) in [6, 6.07) is 4.03. The quantitative estimate of drug-likeness (QED) is 0.763. The number of hydrogen-bond acceptors (Lipinski definition) is 4. The minimum absolute atomic E-state index is 0.568. The highest BCUT2D eigenvalue weighted by atomic mass is 32.2. The van der Waals surface area contributed by atoms with E-state index in [0.717, 1.165) is 44.2 Å². The second-order valence-corrected chi connectivity index (χ2v) is 5.92. The maximum absolute atomic E-state index is 11.2. The van der Waals surface area contributed by atoms with Crippen LogP contribution in [0, 0.1) is 0 Å². The predicted molar refractivity (Wildman–Crippen MR) is 70.3 cm³/mol. The van der Waals surface area contributed by atoms with E-state index in [-0.39, 0.29) is 0 Å². The molecular formula is C12H19N3OS. The number of pyridine rings is 1. The van der Waals surface area contributed by atoms with Gasteiger partial charge < -0.3 is 10.2 Å². The smallest absolute Gasteiger partial charge is 0.0363 e. The average molecular weight is 253 g/mol. The minimum atomic E-state index is -0.568. The molecule has 5 heteroatoms. The molecule has 0 spiro atoms. The fourth-order valence-corrected chi connectivity index (χ4v) is 3.00. The van der Waals surface area contributed by atoms with Gasteiger partial charge in [-0.25, -0.2) is 0 Å². The van der Waals surface area contributed by atoms with Gasteiger partial charge in [-0.3, -0.25) is 9.19 Å². The highest BCUT2D eigenvalue weighted by Gasteiger charge is 2.13. The Bertz CT molecular complexity index is 348. The van der Waals surface area contributed by atoms with Gasteiger partial charge in [0.15, 0.2) is 0 Å². The molecule has 0 saturated carbocycles. The second kappa shape index (κ2) is 6.83. The third-order valence-electron chi connectivity index (χ3n) is 2.93. The summed E-state index contributed by atoms with van der Waals surface area (Å²) in [6.07, 6.45) is 3.67. The molecule has 1 fully saturated rings. The molecule has 1 saturated heterocycles. The maximum atomic E-state index is 11.2. The van der Waals surface area contributed by atoms with Crippen LogP contribution >= 0.6 is 0 Å². The van der Waals surface area contributed by atoms with Crippen LogP contribution in [-0.2, 0) is 17.3 Å². The van der Waals surface area contributed by atoms with Crippen LogP contribution in [0.1, 0.15) is 5.56 Å². The Balaban J connectivity index is 1.59. The van der Waals surface area contributed by atoms with Gasteiger partial charge in [-0.1, -0.05) is 6.07 Å². The van der Waals surface area contributed by atoms with Gasteiger partial charge in [-0.2, -0.15) is 0 Å². The first kappa shape index (κ1) is 12.7. The second-order valence-electron chi connectivity index (χ2n) is 4.23. The van der Waals surface area contributed by atoms with Gasteiger partial charge in [0.2, 0.25) is 0 Å². The van der Waals surface area contributed by atoms with Crippen LogP contribution in [0.4, 0.5) is 0 Å². The van der Waals surface area contributed by atoms with Crippen LogP contribution in [0.2, 0.25) is 0 Å². The monoisotopic (exact) mass is 253 g/mol. The van der Waals surface area contributed by atoms with E-state index in [1.54, 1.807) is 6.20 Å². The van der Waals surface area contributed by atoms with E-state index >= 15 is 0 Å². The van der Waals surface area contributed by atoms with Crippen molar-refractivity contribution in [2.75, 3.05) is 37.7 Å². The topological polar surface area (TPSA) is 45.2 Å². The summed E-state index contributed by atoms with van der Waals surface area (Å²) in [5.41, 5.74) is 1.22. The Morgan fingerprint density at radius 3 is 2.94 bits per heavy atom. The summed E-state index contributed by atoms with van der Waals surface area (Å²) in [5.74, 6) is 1.67. The van der Waals surface area contributed by atoms with E-state index in [9.17, 15) is 4.21 Å². The van der Waals surface area contributed by atoms with Crippen molar-refractivity contribution in [1.82, 2.24) is 15.2 Å². The Morgan fingerprint density at radius 2 is 2.24 bits per heavy atom. The van der Waals surface area contributed by atoms with E-state index in [4.69, 9.17) is 0 Å². The van der Waals surface area contributed by atoms with Crippen molar-refractivity contribution < 1.29 is 4.21 Å². The summed E-state index contributed by atoms with van der Waals surface area (Å²) in [6.45, 7) is 4.83. The lowest BCUT2D eigenvalue weighted by Crippen LogP contribution is -2.41. The number of hydrogen-bond donors (Lipinski definition) is 1. The first-order valence-corrected chi connectivity index (χ1v) is 7.50. The Kier molecular flexibility index (Phi) is 5.09. The molecule has 4 nitrogen and oxygen atoms in total. The molecule has 1 aliphatic heterocycles. The third kappa shape index (κ3) is 4.53. The van der Waals surface area contributed by atoms with Crippen LogP contribution < -0.4 is 5.32 Å². The molecule has 0 atom stereocenters. The van der Waals surface area contributed by atoms with Gasteiger partial charge in [0.25, 0.3) is 0 Å². The first-order valence-electron chi connectivity index (χ1n) is 6.01. The minimum Gasteiger partial charge on any atom is -0.311 e. The van der Waals surface area contributed by atoms with Crippen molar-refractivity contribution in [2.24, 2.45) is 0 Å². The van der Waals surface area contributed by atoms with Crippen molar-refractivity contribution >= 4 is 10.8 Å². The van der Waals surface area contributed by atoms with Crippen LogP contribution in [0.3, 0.4) is 0 Å². The molecule has 2 heterocycles. The van der Waals surface area contributed by atoms with E-state index < -0.39 is 10.8 Å². The Hall–Kier alpha value is -0.780. The Labute approximate surface area is 105 Å². The highest BCUT2D eigenvalue weighted by molar-refractivity contribution is 7.85. The van der Waals surface area contributed by atoms with Crippen molar-refractivity contribution in [2.45, 2.75) is 6.54 Å². The van der Waals surface area contributed by atoms with E-state index in [2.05, 4.69) is 21.3 Å². The summed E-state index contributed by atoms with van der Waals surface area (Å²) in [5, 5.41) is 3.40. The van der Waals surface area contributed by atoms with Gasteiger partial charge in [0, 0.05) is 67.4 Å². The van der Waals surface area contributed by atoms with Crippen molar-refractivity contribution in [3.63, 3.8) is 0 Å². The Morgan fingerprint density at radius 1 is 1.41 bits per heavy atom. The van der Waals surface area contributed by atoms with Gasteiger partial charge in [0.05, 0.1) is 0 Å². The molecule has 1 aliphatic rings. The number of rotatable bonds is 5. The molecule has 1 aromatic rings. The molecule has 94 valence electrons. The molecule has 17 heavy (non-hydrogen) atoms. The van der Waals surface area contributed by atoms with E-state index in [1.807, 2.05) is 12.3 Å². The SMILES string of the molecule is O=S1CCN(CCNCc2cccnc2)CC1. The molecule has 2 rings (SSSR count). The highest BCUT2D eigenvalue weighted by Crippen LogP contribution is 1.99. The van der Waals surface area contributed by atoms with E-state index in [0.29, 0.717) is 0 Å². The molecule has 0 unspecified atom stereocenters. The number of aromatic nitrogens is 1. The fraction of sp³-hybridized carbons (Fsp3) is 0.583. The summed E-state index contributed by atoms with van der Waals surface area (Å²) < 4.78 is 11.2. The molecular weight excluding hydrogens is 234 g/mol. The van der Waals surface area contributed by atoms with Crippen LogP contribution in [-0.4, -0.2) is 51.8 Å². The van der Waals surface area contributed by atoms with Gasteiger partial charge in [-0.05, 0) is 11.6 Å². The zero-order valence-electron chi connectivity index (χ0n) is 9.97. The van der Waals surface area contributed by atoms with Crippen molar-refractivity contribution in [3.8, 4) is 0 Å². The third-order valence-corrected chi connectivity index (χ3v) is 4.20. The number of nitrogens with one attached hydrogen (secondary N) is 1. The number of nitrogens with zero attached hydrogens (tertiary/aromatic N) is 2. The van der Waals surface area contributed by atoms with Crippen molar-refractivity contribution in [1.29, 1.82) is 0 Å². The zero-order valence-corrected chi connectivity index (χ0v) is 10.8. The van der Waals surface area contributed by atoms with Crippen LogP contribution in [0.5, 0.6) is 0 Å². The lowest BCUT2D eigenvalue weighted by molar-refractivity contribution is 0.298. The summed E-state index contributed by atoms with van der Waals surface area (Å²) in [4.78, 5) is 6.45. The first-order chi connectivity index (χ1) is 8.34. The van der Waals surface area contributed by atoms with Crippen LogP contribution in [0.25, 0.3) is 0 Å². The molecule has 1 aromatic heterocycles. The molecule has 0 radical (unpaired) electrons. The molecule has 0 bridgehead atoms. The summed E-state index contributed by atoms with van der Waals surface area (Å²) in [7, 11) is -0.568. The maximum Gasteiger partial charge on any atom is 0.0363 e. The van der Waals surface area contributed by atoms with Gasteiger partial charge >= 0.3 is 0 Å². The van der Waals surface area contributed by atoms with Gasteiger partial charge in [0.1, 0.15) is 0 Å². The molecule has 0 amide bonds. The molecule has 0 aromatic carbocycles. The lowest BCUT2D eigenvalue weighted by Gasteiger charge is -2.25. The van der Waals surface area contributed by atoms with Gasteiger partial charge in [-0.15, -0.1) is 0 Å². The predicted octanol–water partition coefficient (Wildman–Crippen LogP) is 0.235. The largest absolute Gasteiger partial charge is 0.311 e. The molecule has 0 aliphatic carbocycles. The van der Waals surface area contributed by atoms with Crippen molar-refractivity contribution in [3.05, 3.63) is 30.1 Å². The molecule has 1 N–H and O–H groups in total.